The van der Waals surface area contributed by atoms with E-state index in [9.17, 15) is 20.4 Å². The number of aliphatic hydroxyl groups excluding tert-OH is 4. The van der Waals surface area contributed by atoms with Gasteiger partial charge in [-0.15, -0.1) is 0 Å². The van der Waals surface area contributed by atoms with E-state index in [-0.39, 0.29) is 5.75 Å². The number of nitrogens with one attached hydrogen (secondary N) is 1. The Hall–Kier alpha value is -2.43. The largest absolute Gasteiger partial charge is 0.493 e. The fourth-order valence-electron chi connectivity index (χ4n) is 3.54. The Morgan fingerprint density at radius 2 is 1.82 bits per heavy atom. The van der Waals surface area contributed by atoms with Gasteiger partial charge in [0, 0.05) is 17.0 Å². The SMILES string of the molecule is COc1ccc2c([nH]c3c(C)nccc32)c1O[C@@H]1O[C@H](CO)[C@@H](O)[C@H](O)[C@H]1O. The molecule has 3 aromatic rings. The number of hydrogen-bond acceptors (Lipinski definition) is 8. The van der Waals surface area contributed by atoms with Crippen LogP contribution in [0.3, 0.4) is 0 Å². The minimum absolute atomic E-state index is 0.278. The molecular weight excluding hydrogens is 368 g/mol. The van der Waals surface area contributed by atoms with Gasteiger partial charge in [-0.2, -0.15) is 0 Å². The van der Waals surface area contributed by atoms with Crippen molar-refractivity contribution in [3.8, 4) is 11.5 Å². The highest BCUT2D eigenvalue weighted by molar-refractivity contribution is 6.10. The number of pyridine rings is 1. The van der Waals surface area contributed by atoms with Crippen LogP contribution in [0.4, 0.5) is 0 Å². The highest BCUT2D eigenvalue weighted by atomic mass is 16.7. The van der Waals surface area contributed by atoms with Crippen LogP contribution in [0.5, 0.6) is 11.5 Å². The Kier molecular flexibility index (Phi) is 4.86. The standard InChI is InChI=1S/C19H22N2O7/c1-8-13-10(5-6-20-8)9-3-4-11(26-2)18(14(9)21-13)28-19-17(25)16(24)15(23)12(7-22)27-19/h3-6,12,15-17,19,21-25H,7H2,1-2H3/t12-,15-,16+,17-,19+/m1/s1. The zero-order valence-corrected chi connectivity index (χ0v) is 15.4. The molecule has 0 unspecified atom stereocenters. The smallest absolute Gasteiger partial charge is 0.229 e. The van der Waals surface area contributed by atoms with Gasteiger partial charge in [-0.05, 0) is 25.1 Å². The molecule has 0 radical (unpaired) electrons. The molecule has 9 nitrogen and oxygen atoms in total. The maximum absolute atomic E-state index is 10.3. The van der Waals surface area contributed by atoms with Crippen LogP contribution in [-0.4, -0.2) is 74.8 Å². The molecule has 1 fully saturated rings. The molecule has 0 spiro atoms. The molecule has 5 N–H and O–H groups in total. The third kappa shape index (κ3) is 2.88. The molecule has 0 saturated carbocycles. The molecule has 28 heavy (non-hydrogen) atoms. The molecular formula is C19H22N2O7. The second-order valence-electron chi connectivity index (χ2n) is 6.78. The third-order valence-electron chi connectivity index (χ3n) is 5.10. The van der Waals surface area contributed by atoms with E-state index in [2.05, 4.69) is 9.97 Å². The number of hydrogen-bond donors (Lipinski definition) is 5. The van der Waals surface area contributed by atoms with E-state index in [1.54, 1.807) is 12.3 Å². The second kappa shape index (κ2) is 7.19. The Labute approximate surface area is 160 Å². The van der Waals surface area contributed by atoms with Gasteiger partial charge in [0.15, 0.2) is 11.5 Å². The first-order valence-corrected chi connectivity index (χ1v) is 8.87. The van der Waals surface area contributed by atoms with E-state index in [1.165, 1.54) is 7.11 Å². The number of aromatic amines is 1. The fraction of sp³-hybridized carbons (Fsp3) is 0.421. The quantitative estimate of drug-likeness (QED) is 0.426. The molecule has 1 aromatic carbocycles. The van der Waals surface area contributed by atoms with Crippen LogP contribution in [-0.2, 0) is 4.74 Å². The lowest BCUT2D eigenvalue weighted by Crippen LogP contribution is -2.60. The summed E-state index contributed by atoms with van der Waals surface area (Å²) in [7, 11) is 1.48. The summed E-state index contributed by atoms with van der Waals surface area (Å²) in [6, 6.07) is 5.49. The van der Waals surface area contributed by atoms with Crippen LogP contribution < -0.4 is 9.47 Å². The lowest BCUT2D eigenvalue weighted by Gasteiger charge is -2.39. The maximum Gasteiger partial charge on any atom is 0.229 e. The number of fused-ring (bicyclic) bond motifs is 3. The predicted octanol–water partition coefficient (Wildman–Crippen LogP) is 0.212. The summed E-state index contributed by atoms with van der Waals surface area (Å²) in [6.45, 7) is 1.34. The lowest BCUT2D eigenvalue weighted by atomic mass is 9.99. The Morgan fingerprint density at radius 3 is 2.54 bits per heavy atom. The van der Waals surface area contributed by atoms with Gasteiger partial charge >= 0.3 is 0 Å². The van der Waals surface area contributed by atoms with Gasteiger partial charge in [-0.1, -0.05) is 0 Å². The fourth-order valence-corrected chi connectivity index (χ4v) is 3.54. The van der Waals surface area contributed by atoms with Crippen molar-refractivity contribution in [3.05, 3.63) is 30.1 Å². The number of benzene rings is 1. The number of nitrogens with zero attached hydrogens (tertiary/aromatic N) is 1. The van der Waals surface area contributed by atoms with E-state index < -0.39 is 37.3 Å². The van der Waals surface area contributed by atoms with Gasteiger partial charge in [0.25, 0.3) is 0 Å². The molecule has 1 aliphatic rings. The number of ether oxygens (including phenoxy) is 3. The number of methoxy groups -OCH3 is 1. The topological polar surface area (TPSA) is 137 Å². The molecule has 0 bridgehead atoms. The molecule has 5 atom stereocenters. The summed E-state index contributed by atoms with van der Waals surface area (Å²) < 4.78 is 16.8. The van der Waals surface area contributed by atoms with Crippen LogP contribution in [0.1, 0.15) is 5.69 Å². The van der Waals surface area contributed by atoms with Gasteiger partial charge in [0.05, 0.1) is 30.4 Å². The summed E-state index contributed by atoms with van der Waals surface area (Å²) >= 11 is 0. The zero-order valence-electron chi connectivity index (χ0n) is 15.4. The van der Waals surface area contributed by atoms with E-state index in [0.29, 0.717) is 11.3 Å². The summed E-state index contributed by atoms with van der Waals surface area (Å²) in [5, 5.41) is 41.5. The minimum Gasteiger partial charge on any atom is -0.493 e. The van der Waals surface area contributed by atoms with Crippen molar-refractivity contribution in [2.75, 3.05) is 13.7 Å². The molecule has 3 heterocycles. The van der Waals surface area contributed by atoms with Crippen LogP contribution in [0.25, 0.3) is 21.8 Å². The number of aromatic nitrogens is 2. The average Bonchev–Trinajstić information content (AvgIpc) is 3.09. The summed E-state index contributed by atoms with van der Waals surface area (Å²) in [4.78, 5) is 7.56. The van der Waals surface area contributed by atoms with E-state index in [1.807, 2.05) is 19.1 Å². The first-order chi connectivity index (χ1) is 13.5. The van der Waals surface area contributed by atoms with Gasteiger partial charge in [0.2, 0.25) is 6.29 Å². The van der Waals surface area contributed by atoms with Gasteiger partial charge < -0.3 is 39.6 Å². The minimum atomic E-state index is -1.53. The van der Waals surface area contributed by atoms with Crippen molar-refractivity contribution < 1.29 is 34.6 Å². The highest BCUT2D eigenvalue weighted by Gasteiger charge is 2.45. The van der Waals surface area contributed by atoms with Crippen molar-refractivity contribution in [2.24, 2.45) is 0 Å². The number of aryl methyl sites for hydroxylation is 1. The molecule has 1 saturated heterocycles. The number of aliphatic hydroxyl groups is 4. The maximum atomic E-state index is 10.3. The van der Waals surface area contributed by atoms with Crippen molar-refractivity contribution in [1.82, 2.24) is 9.97 Å². The Bertz CT molecular complexity index is 1000. The predicted molar refractivity (Wildman–Crippen MR) is 99.3 cm³/mol. The van der Waals surface area contributed by atoms with Crippen LogP contribution in [0, 0.1) is 6.92 Å². The zero-order chi connectivity index (χ0) is 20.0. The van der Waals surface area contributed by atoms with Crippen molar-refractivity contribution in [2.45, 2.75) is 37.6 Å². The van der Waals surface area contributed by atoms with Crippen LogP contribution >= 0.6 is 0 Å². The van der Waals surface area contributed by atoms with Gasteiger partial charge in [0.1, 0.15) is 24.4 Å². The molecule has 2 aromatic heterocycles. The van der Waals surface area contributed by atoms with Crippen LogP contribution in [0.15, 0.2) is 24.4 Å². The molecule has 0 aliphatic carbocycles. The molecule has 9 heteroatoms. The third-order valence-corrected chi connectivity index (χ3v) is 5.10. The Morgan fingerprint density at radius 1 is 1.07 bits per heavy atom. The summed E-state index contributed by atoms with van der Waals surface area (Å²) in [5.41, 5.74) is 2.26. The van der Waals surface area contributed by atoms with Gasteiger partial charge in [-0.3, -0.25) is 4.98 Å². The van der Waals surface area contributed by atoms with Gasteiger partial charge in [-0.25, -0.2) is 0 Å². The second-order valence-corrected chi connectivity index (χ2v) is 6.78. The summed E-state index contributed by atoms with van der Waals surface area (Å²) in [6.07, 6.45) is -5.18. The first kappa shape index (κ1) is 18.9. The van der Waals surface area contributed by atoms with E-state index >= 15 is 0 Å². The van der Waals surface area contributed by atoms with E-state index in [4.69, 9.17) is 14.2 Å². The van der Waals surface area contributed by atoms with Crippen molar-refractivity contribution in [3.63, 3.8) is 0 Å². The van der Waals surface area contributed by atoms with Crippen molar-refractivity contribution >= 4 is 21.8 Å². The normalized spacial score (nSPS) is 28.0. The molecule has 0 amide bonds. The summed E-state index contributed by atoms with van der Waals surface area (Å²) in [5.74, 6) is 0.668. The van der Waals surface area contributed by atoms with E-state index in [0.717, 1.165) is 22.0 Å². The molecule has 4 rings (SSSR count). The first-order valence-electron chi connectivity index (χ1n) is 8.87. The lowest BCUT2D eigenvalue weighted by molar-refractivity contribution is -0.277. The molecule has 1 aliphatic heterocycles. The van der Waals surface area contributed by atoms with Crippen LogP contribution in [0.2, 0.25) is 0 Å². The average molecular weight is 390 g/mol. The number of rotatable bonds is 4. The number of H-pyrrole nitrogens is 1. The molecule has 150 valence electrons. The monoisotopic (exact) mass is 390 g/mol. The van der Waals surface area contributed by atoms with Crippen molar-refractivity contribution in [1.29, 1.82) is 0 Å². The Balaban J connectivity index is 1.81. The highest BCUT2D eigenvalue weighted by Crippen LogP contribution is 2.40.